The van der Waals surface area contributed by atoms with Crippen LogP contribution in [0.5, 0.6) is 0 Å². The van der Waals surface area contributed by atoms with Gasteiger partial charge >= 0.3 is 0 Å². The van der Waals surface area contributed by atoms with Gasteiger partial charge in [0.05, 0.1) is 12.2 Å². The molecule has 2 rings (SSSR count). The van der Waals surface area contributed by atoms with E-state index >= 15 is 0 Å². The predicted octanol–water partition coefficient (Wildman–Crippen LogP) is 2.61. The molecule has 3 atom stereocenters. The normalized spacial score (nSPS) is 34.7. The first kappa shape index (κ1) is 14.5. The van der Waals surface area contributed by atoms with E-state index in [1.54, 1.807) is 0 Å². The van der Waals surface area contributed by atoms with Crippen LogP contribution in [0.25, 0.3) is 0 Å². The maximum Gasteiger partial charge on any atom is 0.192 e. The number of piperidine rings is 1. The molecule has 0 aromatic heterocycles. The van der Waals surface area contributed by atoms with Gasteiger partial charge in [0.25, 0.3) is 0 Å². The number of aliphatic hydroxyl groups excluding tert-OH is 1. The van der Waals surface area contributed by atoms with Crippen LogP contribution in [-0.2, 0) is 4.43 Å². The lowest BCUT2D eigenvalue weighted by atomic mass is 10.0. The van der Waals surface area contributed by atoms with Crippen molar-refractivity contribution in [3.63, 3.8) is 0 Å². The SMILES string of the molecule is CC(C)(C)[Si](C)(C)O[C@@H]1CN2CCCC[C@@H]2[C@H]1O. The molecular weight excluding hydrogens is 242 g/mol. The van der Waals surface area contributed by atoms with Crippen molar-refractivity contribution < 1.29 is 9.53 Å². The maximum atomic E-state index is 10.5. The Balaban J connectivity index is 2.03. The molecule has 2 saturated heterocycles. The molecule has 2 heterocycles. The molecule has 0 amide bonds. The summed E-state index contributed by atoms with van der Waals surface area (Å²) < 4.78 is 6.41. The van der Waals surface area contributed by atoms with Gasteiger partial charge in [-0.2, -0.15) is 0 Å². The van der Waals surface area contributed by atoms with Gasteiger partial charge < -0.3 is 9.53 Å². The van der Waals surface area contributed by atoms with E-state index in [1.807, 2.05) is 0 Å². The molecular formula is C14H29NO2Si. The molecule has 106 valence electrons. The Hall–Kier alpha value is 0.0969. The zero-order valence-electron chi connectivity index (χ0n) is 12.6. The molecule has 2 fully saturated rings. The lowest BCUT2D eigenvalue weighted by Crippen LogP contribution is -2.47. The van der Waals surface area contributed by atoms with Crippen molar-refractivity contribution in [2.45, 2.75) is 76.4 Å². The average Bonchev–Trinajstić information content (AvgIpc) is 2.54. The van der Waals surface area contributed by atoms with E-state index in [0.717, 1.165) is 19.5 Å². The van der Waals surface area contributed by atoms with E-state index in [-0.39, 0.29) is 17.2 Å². The van der Waals surface area contributed by atoms with Gasteiger partial charge in [-0.25, -0.2) is 0 Å². The molecule has 0 saturated carbocycles. The van der Waals surface area contributed by atoms with Crippen LogP contribution in [0.3, 0.4) is 0 Å². The fourth-order valence-electron chi connectivity index (χ4n) is 2.88. The third-order valence-corrected chi connectivity index (χ3v) is 9.61. The molecule has 0 bridgehead atoms. The Morgan fingerprint density at radius 2 is 1.89 bits per heavy atom. The molecule has 2 aliphatic rings. The summed E-state index contributed by atoms with van der Waals surface area (Å²) in [6, 6.07) is 0.355. The van der Waals surface area contributed by atoms with Gasteiger partial charge in [-0.15, -0.1) is 0 Å². The summed E-state index contributed by atoms with van der Waals surface area (Å²) >= 11 is 0. The smallest absolute Gasteiger partial charge is 0.192 e. The number of hydrogen-bond donors (Lipinski definition) is 1. The van der Waals surface area contributed by atoms with E-state index in [0.29, 0.717) is 6.04 Å². The summed E-state index contributed by atoms with van der Waals surface area (Å²) in [5.74, 6) is 0. The summed E-state index contributed by atoms with van der Waals surface area (Å²) in [6.07, 6.45) is 3.42. The summed E-state index contributed by atoms with van der Waals surface area (Å²) in [6.45, 7) is 13.4. The molecule has 0 radical (unpaired) electrons. The first-order chi connectivity index (χ1) is 8.22. The van der Waals surface area contributed by atoms with Crippen LogP contribution in [0, 0.1) is 0 Å². The van der Waals surface area contributed by atoms with E-state index in [4.69, 9.17) is 4.43 Å². The van der Waals surface area contributed by atoms with Crippen molar-refractivity contribution in [3.05, 3.63) is 0 Å². The molecule has 3 nitrogen and oxygen atoms in total. The number of aliphatic hydroxyl groups is 1. The van der Waals surface area contributed by atoms with Crippen molar-refractivity contribution in [3.8, 4) is 0 Å². The van der Waals surface area contributed by atoms with Gasteiger partial charge in [-0.1, -0.05) is 27.2 Å². The quantitative estimate of drug-likeness (QED) is 0.784. The molecule has 1 N–H and O–H groups in total. The minimum atomic E-state index is -1.76. The van der Waals surface area contributed by atoms with Crippen LogP contribution in [0.4, 0.5) is 0 Å². The number of hydrogen-bond acceptors (Lipinski definition) is 3. The monoisotopic (exact) mass is 271 g/mol. The van der Waals surface area contributed by atoms with Gasteiger partial charge in [0.1, 0.15) is 0 Å². The molecule has 0 aromatic carbocycles. The minimum absolute atomic E-state index is 0.0361. The van der Waals surface area contributed by atoms with Gasteiger partial charge in [-0.05, 0) is 37.5 Å². The van der Waals surface area contributed by atoms with Crippen molar-refractivity contribution in [2.24, 2.45) is 0 Å². The second-order valence-corrected chi connectivity index (χ2v) is 12.2. The topological polar surface area (TPSA) is 32.7 Å². The summed E-state index contributed by atoms with van der Waals surface area (Å²) in [7, 11) is -1.76. The van der Waals surface area contributed by atoms with Crippen LogP contribution in [0.1, 0.15) is 40.0 Å². The Morgan fingerprint density at radius 3 is 2.44 bits per heavy atom. The van der Waals surface area contributed by atoms with E-state index < -0.39 is 8.32 Å². The lowest BCUT2D eigenvalue weighted by Gasteiger charge is -2.39. The summed E-state index contributed by atoms with van der Waals surface area (Å²) in [4.78, 5) is 2.44. The highest BCUT2D eigenvalue weighted by molar-refractivity contribution is 6.74. The molecule has 4 heteroatoms. The van der Waals surface area contributed by atoms with Crippen molar-refractivity contribution >= 4 is 8.32 Å². The lowest BCUT2D eigenvalue weighted by molar-refractivity contribution is 0.0372. The fraction of sp³-hybridized carbons (Fsp3) is 1.00. The first-order valence-electron chi connectivity index (χ1n) is 7.32. The largest absolute Gasteiger partial charge is 0.410 e. The van der Waals surface area contributed by atoms with Crippen LogP contribution >= 0.6 is 0 Å². The number of nitrogens with zero attached hydrogens (tertiary/aromatic N) is 1. The Kier molecular flexibility index (Phi) is 3.94. The predicted molar refractivity (Wildman–Crippen MR) is 77.3 cm³/mol. The van der Waals surface area contributed by atoms with Crippen LogP contribution in [0.15, 0.2) is 0 Å². The van der Waals surface area contributed by atoms with Crippen LogP contribution < -0.4 is 0 Å². The van der Waals surface area contributed by atoms with Gasteiger partial charge in [0.2, 0.25) is 0 Å². The van der Waals surface area contributed by atoms with Crippen molar-refractivity contribution in [1.82, 2.24) is 4.90 Å². The highest BCUT2D eigenvalue weighted by Gasteiger charge is 2.47. The Labute approximate surface area is 113 Å². The molecule has 2 aliphatic heterocycles. The fourth-order valence-corrected chi connectivity index (χ4v) is 4.20. The second kappa shape index (κ2) is 4.89. The standard InChI is InChI=1S/C14H29NO2Si/c1-14(2,3)18(4,5)17-12-10-15-9-7-6-8-11(15)13(12)16/h11-13,16H,6-10H2,1-5H3/t11-,12-,13-/m1/s1. The highest BCUT2D eigenvalue weighted by Crippen LogP contribution is 2.39. The number of fused-ring (bicyclic) bond motifs is 1. The summed E-state index contributed by atoms with van der Waals surface area (Å²) in [5, 5.41) is 10.7. The van der Waals surface area contributed by atoms with Gasteiger partial charge in [-0.3, -0.25) is 4.90 Å². The van der Waals surface area contributed by atoms with Crippen molar-refractivity contribution in [2.75, 3.05) is 13.1 Å². The Morgan fingerprint density at radius 1 is 1.22 bits per heavy atom. The number of rotatable bonds is 2. The Bertz CT molecular complexity index is 301. The molecule has 0 aromatic rings. The minimum Gasteiger partial charge on any atom is -0.410 e. The van der Waals surface area contributed by atoms with E-state index in [2.05, 4.69) is 38.8 Å². The van der Waals surface area contributed by atoms with Crippen molar-refractivity contribution in [1.29, 1.82) is 0 Å². The first-order valence-corrected chi connectivity index (χ1v) is 10.2. The molecule has 0 aliphatic carbocycles. The van der Waals surface area contributed by atoms with E-state index in [1.165, 1.54) is 12.8 Å². The maximum absolute atomic E-state index is 10.5. The molecule has 0 unspecified atom stereocenters. The molecule has 18 heavy (non-hydrogen) atoms. The zero-order chi connectivity index (χ0) is 13.6. The van der Waals surface area contributed by atoms with E-state index in [9.17, 15) is 5.11 Å². The van der Waals surface area contributed by atoms with Gasteiger partial charge in [0.15, 0.2) is 8.32 Å². The zero-order valence-corrected chi connectivity index (χ0v) is 13.6. The second-order valence-electron chi connectivity index (χ2n) is 7.47. The summed E-state index contributed by atoms with van der Waals surface area (Å²) in [5.41, 5.74) is 0. The van der Waals surface area contributed by atoms with Crippen LogP contribution in [-0.4, -0.2) is 49.7 Å². The average molecular weight is 271 g/mol. The van der Waals surface area contributed by atoms with Crippen LogP contribution in [0.2, 0.25) is 18.1 Å². The third-order valence-electron chi connectivity index (χ3n) is 5.11. The third kappa shape index (κ3) is 2.67. The highest BCUT2D eigenvalue weighted by atomic mass is 28.4. The molecule has 0 spiro atoms. The van der Waals surface area contributed by atoms with Gasteiger partial charge in [0, 0.05) is 12.6 Å².